The molecule has 1 aromatic rings. The maximum absolute atomic E-state index is 11.5. The monoisotopic (exact) mass is 311 g/mol. The van der Waals surface area contributed by atoms with Gasteiger partial charge in [0.25, 0.3) is 0 Å². The smallest absolute Gasteiger partial charge is 0.239 e. The van der Waals surface area contributed by atoms with Crippen LogP contribution in [0.3, 0.4) is 0 Å². The lowest BCUT2D eigenvalue weighted by Gasteiger charge is -2.07. The number of aromatic nitrogens is 2. The largest absolute Gasteiger partial charge is 0.310 e. The second kappa shape index (κ2) is 5.63. The van der Waals surface area contributed by atoms with Crippen molar-refractivity contribution in [3.63, 3.8) is 0 Å². The third-order valence-electron chi connectivity index (χ3n) is 1.56. The third kappa shape index (κ3) is 3.93. The summed E-state index contributed by atoms with van der Waals surface area (Å²) in [5.41, 5.74) is 0. The normalized spacial score (nSPS) is 12.3. The predicted molar refractivity (Wildman–Crippen MR) is 63.7 cm³/mol. The zero-order valence-corrected chi connectivity index (χ0v) is 10.9. The van der Waals surface area contributed by atoms with Crippen LogP contribution in [0.5, 0.6) is 0 Å². The fourth-order valence-corrected chi connectivity index (χ4v) is 1.37. The minimum Gasteiger partial charge on any atom is -0.310 e. The van der Waals surface area contributed by atoms with Crippen LogP contribution in [0.15, 0.2) is 6.07 Å². The van der Waals surface area contributed by atoms with Gasteiger partial charge in [0.1, 0.15) is 11.0 Å². The zero-order valence-electron chi connectivity index (χ0n) is 7.80. The lowest BCUT2D eigenvalue weighted by Crippen LogP contribution is -2.22. The van der Waals surface area contributed by atoms with Gasteiger partial charge in [0.05, 0.1) is 4.83 Å². The Morgan fingerprint density at radius 3 is 2.80 bits per heavy atom. The number of alkyl halides is 1. The Labute approximate surface area is 106 Å². The van der Waals surface area contributed by atoms with Gasteiger partial charge in [-0.1, -0.05) is 34.5 Å². The maximum Gasteiger partial charge on any atom is 0.239 e. The molecule has 0 radical (unpaired) electrons. The summed E-state index contributed by atoms with van der Waals surface area (Å²) in [4.78, 5) is 18.7. The molecule has 0 spiro atoms. The highest BCUT2D eigenvalue weighted by atomic mass is 79.9. The number of rotatable bonds is 3. The lowest BCUT2D eigenvalue weighted by atomic mass is 10.3. The average molecular weight is 313 g/mol. The minimum atomic E-state index is -0.259. The van der Waals surface area contributed by atoms with E-state index in [4.69, 9.17) is 23.2 Å². The fourth-order valence-electron chi connectivity index (χ4n) is 0.844. The number of hydrogen-bond acceptors (Lipinski definition) is 3. The number of carbonyl (C=O) groups excluding carboxylic acids is 1. The van der Waals surface area contributed by atoms with Gasteiger partial charge in [0.2, 0.25) is 11.2 Å². The average Bonchev–Trinajstić information content (AvgIpc) is 2.14. The maximum atomic E-state index is 11.5. The van der Waals surface area contributed by atoms with Crippen LogP contribution in [-0.4, -0.2) is 20.7 Å². The van der Waals surface area contributed by atoms with Crippen LogP contribution in [0.2, 0.25) is 10.4 Å². The molecule has 1 rings (SSSR count). The van der Waals surface area contributed by atoms with Crippen LogP contribution < -0.4 is 5.32 Å². The molecule has 0 fully saturated rings. The summed E-state index contributed by atoms with van der Waals surface area (Å²) in [5.74, 6) is 0.103. The Hall–Kier alpha value is -0.390. The SMILES string of the molecule is CCC(Br)C(=O)Nc1cc(Cl)nc(Cl)n1. The van der Waals surface area contributed by atoms with Crippen molar-refractivity contribution in [3.8, 4) is 0 Å². The highest BCUT2D eigenvalue weighted by Crippen LogP contribution is 2.15. The molecule has 0 aromatic carbocycles. The first-order chi connectivity index (χ1) is 7.02. The van der Waals surface area contributed by atoms with Crippen LogP contribution in [0.1, 0.15) is 13.3 Å². The number of halogens is 3. The van der Waals surface area contributed by atoms with Crippen molar-refractivity contribution in [1.82, 2.24) is 9.97 Å². The molecule has 0 saturated carbocycles. The van der Waals surface area contributed by atoms with Crippen molar-refractivity contribution >= 4 is 50.9 Å². The summed E-state index contributed by atoms with van der Waals surface area (Å²) in [6.07, 6.45) is 0.679. The van der Waals surface area contributed by atoms with Crippen molar-refractivity contribution < 1.29 is 4.79 Å². The van der Waals surface area contributed by atoms with E-state index in [1.165, 1.54) is 6.07 Å². The Morgan fingerprint density at radius 2 is 2.27 bits per heavy atom. The van der Waals surface area contributed by atoms with Crippen molar-refractivity contribution in [2.75, 3.05) is 5.32 Å². The first kappa shape index (κ1) is 12.7. The molecule has 7 heteroatoms. The van der Waals surface area contributed by atoms with Crippen LogP contribution in [-0.2, 0) is 4.79 Å². The van der Waals surface area contributed by atoms with E-state index in [1.807, 2.05) is 6.92 Å². The molecule has 1 unspecified atom stereocenters. The molecular formula is C8H8BrCl2N3O. The van der Waals surface area contributed by atoms with Crippen molar-refractivity contribution in [1.29, 1.82) is 0 Å². The van der Waals surface area contributed by atoms with Gasteiger partial charge >= 0.3 is 0 Å². The van der Waals surface area contributed by atoms with Gasteiger partial charge in [-0.25, -0.2) is 9.97 Å². The molecular weight excluding hydrogens is 305 g/mol. The number of nitrogens with one attached hydrogen (secondary N) is 1. The van der Waals surface area contributed by atoms with Gasteiger partial charge in [-0.15, -0.1) is 0 Å². The number of hydrogen-bond donors (Lipinski definition) is 1. The van der Waals surface area contributed by atoms with Crippen LogP contribution >= 0.6 is 39.1 Å². The second-order valence-corrected chi connectivity index (χ2v) is 4.54. The third-order valence-corrected chi connectivity index (χ3v) is 2.99. The molecule has 1 N–H and O–H groups in total. The molecule has 1 aromatic heterocycles. The molecule has 0 saturated heterocycles. The van der Waals surface area contributed by atoms with Crippen LogP contribution in [0.4, 0.5) is 5.82 Å². The quantitative estimate of drug-likeness (QED) is 0.530. The van der Waals surface area contributed by atoms with Crippen LogP contribution in [0.25, 0.3) is 0 Å². The predicted octanol–water partition coefficient (Wildman–Crippen LogP) is 2.90. The van der Waals surface area contributed by atoms with Crippen molar-refractivity contribution in [2.24, 2.45) is 0 Å². The number of nitrogens with zero attached hydrogens (tertiary/aromatic N) is 2. The van der Waals surface area contributed by atoms with Crippen LogP contribution in [0, 0.1) is 0 Å². The second-order valence-electron chi connectivity index (χ2n) is 2.71. The van der Waals surface area contributed by atoms with E-state index in [0.717, 1.165) is 0 Å². The number of amides is 1. The van der Waals surface area contributed by atoms with Gasteiger partial charge in [0.15, 0.2) is 0 Å². The summed E-state index contributed by atoms with van der Waals surface area (Å²) in [7, 11) is 0. The molecule has 4 nitrogen and oxygen atoms in total. The first-order valence-electron chi connectivity index (χ1n) is 4.18. The molecule has 15 heavy (non-hydrogen) atoms. The van der Waals surface area contributed by atoms with Gasteiger partial charge in [-0.05, 0) is 18.0 Å². The highest BCUT2D eigenvalue weighted by molar-refractivity contribution is 9.10. The van der Waals surface area contributed by atoms with Gasteiger partial charge in [0, 0.05) is 6.07 Å². The molecule has 82 valence electrons. The topological polar surface area (TPSA) is 54.9 Å². The minimum absolute atomic E-state index is 0.000390. The number of anilines is 1. The molecule has 0 aliphatic rings. The summed E-state index contributed by atoms with van der Waals surface area (Å²) < 4.78 is 0. The molecule has 1 atom stereocenters. The van der Waals surface area contributed by atoms with E-state index >= 15 is 0 Å². The molecule has 1 heterocycles. The van der Waals surface area contributed by atoms with Crippen molar-refractivity contribution in [2.45, 2.75) is 18.2 Å². The Balaban J connectivity index is 2.76. The summed E-state index contributed by atoms with van der Waals surface area (Å²) in [6, 6.07) is 1.43. The zero-order chi connectivity index (χ0) is 11.4. The molecule has 1 amide bonds. The summed E-state index contributed by atoms with van der Waals surface area (Å²) in [5, 5.41) is 2.76. The van der Waals surface area contributed by atoms with E-state index in [9.17, 15) is 4.79 Å². The van der Waals surface area contributed by atoms with Gasteiger partial charge in [-0.2, -0.15) is 0 Å². The fraction of sp³-hybridized carbons (Fsp3) is 0.375. The van der Waals surface area contributed by atoms with Gasteiger partial charge < -0.3 is 5.32 Å². The summed E-state index contributed by atoms with van der Waals surface area (Å²) in [6.45, 7) is 1.89. The lowest BCUT2D eigenvalue weighted by molar-refractivity contribution is -0.115. The van der Waals surface area contributed by atoms with E-state index in [0.29, 0.717) is 12.2 Å². The van der Waals surface area contributed by atoms with E-state index in [-0.39, 0.29) is 21.2 Å². The van der Waals surface area contributed by atoms with E-state index in [2.05, 4.69) is 31.2 Å². The Morgan fingerprint density at radius 1 is 1.60 bits per heavy atom. The van der Waals surface area contributed by atoms with Crippen molar-refractivity contribution in [3.05, 3.63) is 16.5 Å². The Bertz CT molecular complexity index is 355. The molecule has 0 bridgehead atoms. The summed E-state index contributed by atoms with van der Waals surface area (Å²) >= 11 is 14.4. The standard InChI is InChI=1S/C8H8BrCl2N3O/c1-2-4(9)7(15)13-6-3-5(10)12-8(11)14-6/h3-4H,2H2,1H3,(H,12,13,14,15). The number of carbonyl (C=O) groups is 1. The van der Waals surface area contributed by atoms with E-state index < -0.39 is 0 Å². The van der Waals surface area contributed by atoms with E-state index in [1.54, 1.807) is 0 Å². The first-order valence-corrected chi connectivity index (χ1v) is 5.85. The Kier molecular flexibility index (Phi) is 4.76. The highest BCUT2D eigenvalue weighted by Gasteiger charge is 2.13. The van der Waals surface area contributed by atoms with Gasteiger partial charge in [-0.3, -0.25) is 4.79 Å². The molecule has 0 aliphatic carbocycles. The molecule has 0 aliphatic heterocycles.